The molecule has 0 aromatic heterocycles. The first-order valence-electron chi connectivity index (χ1n) is 5.84. The Hall–Kier alpha value is -1.71. The Bertz CT molecular complexity index is 447. The van der Waals surface area contributed by atoms with Crippen molar-refractivity contribution in [2.75, 3.05) is 14.2 Å². The normalized spacial score (nSPS) is 11.0. The van der Waals surface area contributed by atoms with Gasteiger partial charge in [0.1, 0.15) is 11.5 Å². The van der Waals surface area contributed by atoms with E-state index in [1.807, 2.05) is 27.7 Å². The van der Waals surface area contributed by atoms with Gasteiger partial charge in [-0.15, -0.1) is 0 Å². The lowest BCUT2D eigenvalue weighted by Crippen LogP contribution is -2.40. The molecule has 1 rings (SSSR count). The van der Waals surface area contributed by atoms with Gasteiger partial charge in [-0.3, -0.25) is 4.79 Å². The van der Waals surface area contributed by atoms with Crippen molar-refractivity contribution in [2.45, 2.75) is 33.2 Å². The molecule has 1 N–H and O–H groups in total. The molecule has 0 fully saturated rings. The maximum absolute atomic E-state index is 12.2. The van der Waals surface area contributed by atoms with E-state index in [1.54, 1.807) is 26.4 Å². The summed E-state index contributed by atoms with van der Waals surface area (Å²) in [6, 6.07) is 3.49. The molecule has 0 aliphatic heterocycles. The second-order valence-electron chi connectivity index (χ2n) is 5.18. The molecular weight excluding hydrogens is 230 g/mol. The Labute approximate surface area is 108 Å². The van der Waals surface area contributed by atoms with Crippen LogP contribution in [0.15, 0.2) is 12.1 Å². The number of methoxy groups -OCH3 is 2. The highest BCUT2D eigenvalue weighted by Gasteiger charge is 2.20. The van der Waals surface area contributed by atoms with Crippen molar-refractivity contribution in [1.29, 1.82) is 0 Å². The third-order valence-corrected chi connectivity index (χ3v) is 2.51. The molecule has 0 aliphatic rings. The zero-order chi connectivity index (χ0) is 13.9. The maximum Gasteiger partial charge on any atom is 0.255 e. The molecule has 100 valence electrons. The standard InChI is InChI=1S/C14H21NO3/c1-9-11(17-5)8-7-10(12(9)18-6)13(16)15-14(2,3)4/h7-8H,1-6H3,(H,15,16). The molecule has 0 spiro atoms. The SMILES string of the molecule is COc1ccc(C(=O)NC(C)(C)C)c(OC)c1C. The monoisotopic (exact) mass is 251 g/mol. The van der Waals surface area contributed by atoms with Gasteiger partial charge in [-0.25, -0.2) is 0 Å². The van der Waals surface area contributed by atoms with Crippen LogP contribution < -0.4 is 14.8 Å². The molecule has 1 aromatic rings. The van der Waals surface area contributed by atoms with Gasteiger partial charge in [-0.1, -0.05) is 0 Å². The van der Waals surface area contributed by atoms with Crippen LogP contribution in [0.1, 0.15) is 36.7 Å². The molecular formula is C14H21NO3. The summed E-state index contributed by atoms with van der Waals surface area (Å²) in [4.78, 5) is 12.2. The van der Waals surface area contributed by atoms with Gasteiger partial charge >= 0.3 is 0 Å². The molecule has 1 aromatic carbocycles. The Morgan fingerprint density at radius 3 is 2.22 bits per heavy atom. The third-order valence-electron chi connectivity index (χ3n) is 2.51. The van der Waals surface area contributed by atoms with Gasteiger partial charge < -0.3 is 14.8 Å². The Morgan fingerprint density at radius 2 is 1.78 bits per heavy atom. The summed E-state index contributed by atoms with van der Waals surface area (Å²) in [5, 5.41) is 2.92. The van der Waals surface area contributed by atoms with E-state index in [4.69, 9.17) is 9.47 Å². The van der Waals surface area contributed by atoms with Crippen LogP contribution in [-0.4, -0.2) is 25.7 Å². The van der Waals surface area contributed by atoms with Crippen molar-refractivity contribution in [3.05, 3.63) is 23.3 Å². The molecule has 0 atom stereocenters. The van der Waals surface area contributed by atoms with E-state index in [2.05, 4.69) is 5.32 Å². The minimum absolute atomic E-state index is 0.148. The molecule has 0 aliphatic carbocycles. The van der Waals surface area contributed by atoms with Gasteiger partial charge in [0.2, 0.25) is 0 Å². The van der Waals surface area contributed by atoms with E-state index < -0.39 is 0 Å². The van der Waals surface area contributed by atoms with Gasteiger partial charge in [0.25, 0.3) is 5.91 Å². The number of carbonyl (C=O) groups excluding carboxylic acids is 1. The van der Waals surface area contributed by atoms with E-state index in [-0.39, 0.29) is 11.4 Å². The zero-order valence-corrected chi connectivity index (χ0v) is 11.9. The molecule has 4 nitrogen and oxygen atoms in total. The lowest BCUT2D eigenvalue weighted by molar-refractivity contribution is 0.0916. The first-order valence-corrected chi connectivity index (χ1v) is 5.84. The third kappa shape index (κ3) is 3.15. The van der Waals surface area contributed by atoms with Crippen molar-refractivity contribution in [1.82, 2.24) is 5.32 Å². The average molecular weight is 251 g/mol. The lowest BCUT2D eigenvalue weighted by atomic mass is 10.0. The summed E-state index contributed by atoms with van der Waals surface area (Å²) in [7, 11) is 3.15. The van der Waals surface area contributed by atoms with Crippen molar-refractivity contribution in [2.24, 2.45) is 0 Å². The number of amides is 1. The maximum atomic E-state index is 12.2. The van der Waals surface area contributed by atoms with Gasteiger partial charge in [0, 0.05) is 11.1 Å². The van der Waals surface area contributed by atoms with E-state index in [0.717, 1.165) is 5.56 Å². The molecule has 1 amide bonds. The molecule has 18 heavy (non-hydrogen) atoms. The van der Waals surface area contributed by atoms with Gasteiger partial charge in [0.05, 0.1) is 19.8 Å². The number of hydrogen-bond donors (Lipinski definition) is 1. The zero-order valence-electron chi connectivity index (χ0n) is 11.9. The highest BCUT2D eigenvalue weighted by Crippen LogP contribution is 2.31. The summed E-state index contributed by atoms with van der Waals surface area (Å²) in [6.07, 6.45) is 0. The largest absolute Gasteiger partial charge is 0.496 e. The highest BCUT2D eigenvalue weighted by molar-refractivity contribution is 5.98. The van der Waals surface area contributed by atoms with E-state index >= 15 is 0 Å². The number of benzene rings is 1. The van der Waals surface area contributed by atoms with E-state index in [1.165, 1.54) is 0 Å². The van der Waals surface area contributed by atoms with Crippen molar-refractivity contribution >= 4 is 5.91 Å². The van der Waals surface area contributed by atoms with Crippen LogP contribution >= 0.6 is 0 Å². The van der Waals surface area contributed by atoms with Crippen molar-refractivity contribution in [3.63, 3.8) is 0 Å². The Morgan fingerprint density at radius 1 is 1.17 bits per heavy atom. The first kappa shape index (κ1) is 14.4. The first-order chi connectivity index (χ1) is 8.30. The summed E-state index contributed by atoms with van der Waals surface area (Å²) in [5.41, 5.74) is 1.06. The smallest absolute Gasteiger partial charge is 0.255 e. The Balaban J connectivity index is 3.17. The number of ether oxygens (including phenoxy) is 2. The van der Waals surface area contributed by atoms with Gasteiger partial charge in [-0.2, -0.15) is 0 Å². The number of rotatable bonds is 3. The number of nitrogens with one attached hydrogen (secondary N) is 1. The predicted octanol–water partition coefficient (Wildman–Crippen LogP) is 2.54. The molecule has 0 radical (unpaired) electrons. The van der Waals surface area contributed by atoms with Crippen LogP contribution in [0.25, 0.3) is 0 Å². The van der Waals surface area contributed by atoms with E-state index in [9.17, 15) is 4.79 Å². The molecule has 0 bridgehead atoms. The summed E-state index contributed by atoms with van der Waals surface area (Å²) in [6.45, 7) is 7.68. The Kier molecular flexibility index (Phi) is 4.22. The minimum Gasteiger partial charge on any atom is -0.496 e. The molecule has 0 unspecified atom stereocenters. The van der Waals surface area contributed by atoms with Crippen LogP contribution in [0.5, 0.6) is 11.5 Å². The quantitative estimate of drug-likeness (QED) is 0.898. The fourth-order valence-electron chi connectivity index (χ4n) is 1.74. The number of carbonyl (C=O) groups is 1. The second-order valence-corrected chi connectivity index (χ2v) is 5.18. The second kappa shape index (κ2) is 5.29. The predicted molar refractivity (Wildman–Crippen MR) is 71.5 cm³/mol. The van der Waals surface area contributed by atoms with Crippen LogP contribution in [0.3, 0.4) is 0 Å². The molecule has 0 heterocycles. The topological polar surface area (TPSA) is 47.6 Å². The molecule has 0 saturated carbocycles. The molecule has 0 saturated heterocycles. The van der Waals surface area contributed by atoms with Gasteiger partial charge in [0.15, 0.2) is 0 Å². The number of hydrogen-bond acceptors (Lipinski definition) is 3. The van der Waals surface area contributed by atoms with Crippen LogP contribution in [-0.2, 0) is 0 Å². The van der Waals surface area contributed by atoms with Crippen LogP contribution in [0.4, 0.5) is 0 Å². The summed E-state index contributed by atoms with van der Waals surface area (Å²) < 4.78 is 10.5. The molecule has 4 heteroatoms. The van der Waals surface area contributed by atoms with Crippen molar-refractivity contribution in [3.8, 4) is 11.5 Å². The lowest BCUT2D eigenvalue weighted by Gasteiger charge is -2.22. The highest BCUT2D eigenvalue weighted by atomic mass is 16.5. The van der Waals surface area contributed by atoms with Crippen LogP contribution in [0, 0.1) is 6.92 Å². The average Bonchev–Trinajstić information content (AvgIpc) is 2.26. The van der Waals surface area contributed by atoms with Crippen molar-refractivity contribution < 1.29 is 14.3 Å². The fourth-order valence-corrected chi connectivity index (χ4v) is 1.74. The summed E-state index contributed by atoms with van der Waals surface area (Å²) >= 11 is 0. The fraction of sp³-hybridized carbons (Fsp3) is 0.500. The summed E-state index contributed by atoms with van der Waals surface area (Å²) in [5.74, 6) is 1.11. The van der Waals surface area contributed by atoms with Gasteiger partial charge in [-0.05, 0) is 39.8 Å². The van der Waals surface area contributed by atoms with E-state index in [0.29, 0.717) is 17.1 Å². The minimum atomic E-state index is -0.282. The van der Waals surface area contributed by atoms with Crippen LogP contribution in [0.2, 0.25) is 0 Å².